The standard InChI is InChI=1S/C12H16BrNO2/c1-14(2)8-7-11(12(15)16)9-3-5-10(13)6-4-9/h3-6,11H,7-8H2,1-2H3,(H,15,16). The van der Waals surface area contributed by atoms with Gasteiger partial charge in [0.25, 0.3) is 0 Å². The lowest BCUT2D eigenvalue weighted by Crippen LogP contribution is -2.20. The minimum Gasteiger partial charge on any atom is -0.481 e. The summed E-state index contributed by atoms with van der Waals surface area (Å²) >= 11 is 3.34. The summed E-state index contributed by atoms with van der Waals surface area (Å²) in [7, 11) is 3.89. The third-order valence-electron chi connectivity index (χ3n) is 2.44. The van der Waals surface area contributed by atoms with Crippen LogP contribution in [0.15, 0.2) is 28.7 Å². The second-order valence-corrected chi connectivity index (χ2v) is 4.95. The van der Waals surface area contributed by atoms with E-state index in [4.69, 9.17) is 0 Å². The summed E-state index contributed by atoms with van der Waals surface area (Å²) in [5.41, 5.74) is 0.859. The summed E-state index contributed by atoms with van der Waals surface area (Å²) in [5.74, 6) is -1.18. The third kappa shape index (κ3) is 3.94. The second-order valence-electron chi connectivity index (χ2n) is 4.03. The van der Waals surface area contributed by atoms with Crippen molar-refractivity contribution in [2.75, 3.05) is 20.6 Å². The van der Waals surface area contributed by atoms with Crippen LogP contribution in [0.4, 0.5) is 0 Å². The maximum Gasteiger partial charge on any atom is 0.311 e. The van der Waals surface area contributed by atoms with Crippen LogP contribution in [0.1, 0.15) is 17.9 Å². The number of carbonyl (C=O) groups is 1. The summed E-state index contributed by atoms with van der Waals surface area (Å²) in [5, 5.41) is 9.18. The maximum absolute atomic E-state index is 11.2. The molecule has 3 nitrogen and oxygen atoms in total. The Hall–Kier alpha value is -0.870. The largest absolute Gasteiger partial charge is 0.481 e. The van der Waals surface area contributed by atoms with Crippen molar-refractivity contribution in [1.82, 2.24) is 4.90 Å². The van der Waals surface area contributed by atoms with Gasteiger partial charge in [0.15, 0.2) is 0 Å². The van der Waals surface area contributed by atoms with E-state index in [0.29, 0.717) is 6.42 Å². The molecular weight excluding hydrogens is 270 g/mol. The van der Waals surface area contributed by atoms with E-state index in [9.17, 15) is 9.90 Å². The van der Waals surface area contributed by atoms with Gasteiger partial charge in [0.2, 0.25) is 0 Å². The normalized spacial score (nSPS) is 12.8. The smallest absolute Gasteiger partial charge is 0.311 e. The molecule has 0 aliphatic carbocycles. The molecule has 0 aromatic heterocycles. The Kier molecular flexibility index (Phi) is 4.96. The minimum atomic E-state index is -0.760. The van der Waals surface area contributed by atoms with Crippen LogP contribution in [-0.2, 0) is 4.79 Å². The van der Waals surface area contributed by atoms with Crippen molar-refractivity contribution in [3.8, 4) is 0 Å². The van der Waals surface area contributed by atoms with Crippen LogP contribution in [0, 0.1) is 0 Å². The fourth-order valence-electron chi connectivity index (χ4n) is 1.52. The molecule has 4 heteroatoms. The summed E-state index contributed by atoms with van der Waals surface area (Å²) in [6, 6.07) is 7.47. The molecule has 0 aliphatic rings. The molecule has 0 saturated carbocycles. The van der Waals surface area contributed by atoms with Crippen LogP contribution in [0.3, 0.4) is 0 Å². The Morgan fingerprint density at radius 1 is 1.38 bits per heavy atom. The molecular formula is C12H16BrNO2. The van der Waals surface area contributed by atoms with Crippen molar-refractivity contribution in [3.05, 3.63) is 34.3 Å². The molecule has 1 rings (SSSR count). The van der Waals surface area contributed by atoms with Crippen LogP contribution in [0.2, 0.25) is 0 Å². The number of rotatable bonds is 5. The topological polar surface area (TPSA) is 40.5 Å². The van der Waals surface area contributed by atoms with Gasteiger partial charge in [0.1, 0.15) is 0 Å². The summed E-state index contributed by atoms with van der Waals surface area (Å²) < 4.78 is 0.966. The summed E-state index contributed by atoms with van der Waals surface area (Å²) in [4.78, 5) is 13.2. The van der Waals surface area contributed by atoms with E-state index in [1.54, 1.807) is 0 Å². The summed E-state index contributed by atoms with van der Waals surface area (Å²) in [6.07, 6.45) is 0.629. The number of hydrogen-bond donors (Lipinski definition) is 1. The fraction of sp³-hybridized carbons (Fsp3) is 0.417. The monoisotopic (exact) mass is 285 g/mol. The third-order valence-corrected chi connectivity index (χ3v) is 2.96. The molecule has 1 aromatic carbocycles. The van der Waals surface area contributed by atoms with Crippen LogP contribution < -0.4 is 0 Å². The number of hydrogen-bond acceptors (Lipinski definition) is 2. The molecule has 0 radical (unpaired) electrons. The van der Waals surface area contributed by atoms with E-state index in [0.717, 1.165) is 16.6 Å². The molecule has 88 valence electrons. The van der Waals surface area contributed by atoms with E-state index in [2.05, 4.69) is 15.9 Å². The van der Waals surface area contributed by atoms with Gasteiger partial charge in [-0.15, -0.1) is 0 Å². The molecule has 0 aliphatic heterocycles. The second kappa shape index (κ2) is 6.01. The Bertz CT molecular complexity index is 349. The van der Waals surface area contributed by atoms with Gasteiger partial charge in [0.05, 0.1) is 5.92 Å². The molecule has 0 spiro atoms. The van der Waals surface area contributed by atoms with Crippen LogP contribution in [0.5, 0.6) is 0 Å². The van der Waals surface area contributed by atoms with E-state index in [1.807, 2.05) is 43.3 Å². The van der Waals surface area contributed by atoms with E-state index in [1.165, 1.54) is 0 Å². The zero-order valence-electron chi connectivity index (χ0n) is 9.48. The quantitative estimate of drug-likeness (QED) is 0.904. The molecule has 0 heterocycles. The predicted molar refractivity (Wildman–Crippen MR) is 67.7 cm³/mol. The molecule has 0 fully saturated rings. The maximum atomic E-state index is 11.2. The number of carboxylic acids is 1. The molecule has 0 amide bonds. The number of nitrogens with zero attached hydrogens (tertiary/aromatic N) is 1. The van der Waals surface area contributed by atoms with E-state index < -0.39 is 11.9 Å². The Balaban J connectivity index is 2.77. The molecule has 1 atom stereocenters. The predicted octanol–water partition coefficient (Wildman–Crippen LogP) is 2.57. The molecule has 1 unspecified atom stereocenters. The number of benzene rings is 1. The van der Waals surface area contributed by atoms with Gasteiger partial charge in [-0.05, 0) is 44.8 Å². The van der Waals surface area contributed by atoms with Crippen LogP contribution in [-0.4, -0.2) is 36.6 Å². The first-order valence-corrected chi connectivity index (χ1v) is 5.93. The van der Waals surface area contributed by atoms with Gasteiger partial charge in [-0.3, -0.25) is 4.79 Å². The number of aliphatic carboxylic acids is 1. The Morgan fingerprint density at radius 2 is 1.94 bits per heavy atom. The molecule has 16 heavy (non-hydrogen) atoms. The van der Waals surface area contributed by atoms with Crippen molar-refractivity contribution >= 4 is 21.9 Å². The van der Waals surface area contributed by atoms with Gasteiger partial charge < -0.3 is 10.0 Å². The van der Waals surface area contributed by atoms with Gasteiger partial charge in [-0.2, -0.15) is 0 Å². The first kappa shape index (κ1) is 13.2. The lowest BCUT2D eigenvalue weighted by atomic mass is 9.96. The van der Waals surface area contributed by atoms with Crippen LogP contribution >= 0.6 is 15.9 Å². The summed E-state index contributed by atoms with van der Waals surface area (Å²) in [6.45, 7) is 0.771. The van der Waals surface area contributed by atoms with E-state index in [-0.39, 0.29) is 0 Å². The first-order chi connectivity index (χ1) is 7.50. The Labute approximate surface area is 104 Å². The molecule has 0 bridgehead atoms. The number of halogens is 1. The average Bonchev–Trinajstić information content (AvgIpc) is 2.20. The highest BCUT2D eigenvalue weighted by atomic mass is 79.9. The Morgan fingerprint density at radius 3 is 2.38 bits per heavy atom. The highest BCUT2D eigenvalue weighted by Gasteiger charge is 2.19. The molecule has 0 saturated heterocycles. The minimum absolute atomic E-state index is 0.421. The zero-order chi connectivity index (χ0) is 12.1. The first-order valence-electron chi connectivity index (χ1n) is 5.13. The van der Waals surface area contributed by atoms with Gasteiger partial charge in [0, 0.05) is 4.47 Å². The molecule has 1 N–H and O–H groups in total. The molecule has 1 aromatic rings. The van der Waals surface area contributed by atoms with E-state index >= 15 is 0 Å². The van der Waals surface area contributed by atoms with Crippen molar-refractivity contribution in [2.24, 2.45) is 0 Å². The van der Waals surface area contributed by atoms with Crippen molar-refractivity contribution < 1.29 is 9.90 Å². The number of carboxylic acid groups (broad SMARTS) is 1. The SMILES string of the molecule is CN(C)CCC(C(=O)O)c1ccc(Br)cc1. The lowest BCUT2D eigenvalue weighted by Gasteiger charge is -2.16. The van der Waals surface area contributed by atoms with Gasteiger partial charge >= 0.3 is 5.97 Å². The van der Waals surface area contributed by atoms with Gasteiger partial charge in [-0.1, -0.05) is 28.1 Å². The van der Waals surface area contributed by atoms with Crippen molar-refractivity contribution in [2.45, 2.75) is 12.3 Å². The van der Waals surface area contributed by atoms with Crippen LogP contribution in [0.25, 0.3) is 0 Å². The van der Waals surface area contributed by atoms with Gasteiger partial charge in [-0.25, -0.2) is 0 Å². The highest BCUT2D eigenvalue weighted by molar-refractivity contribution is 9.10. The van der Waals surface area contributed by atoms with Crippen molar-refractivity contribution in [3.63, 3.8) is 0 Å². The van der Waals surface area contributed by atoms with Crippen molar-refractivity contribution in [1.29, 1.82) is 0 Å². The average molecular weight is 286 g/mol. The zero-order valence-corrected chi connectivity index (χ0v) is 11.1. The fourth-order valence-corrected chi connectivity index (χ4v) is 1.78. The lowest BCUT2D eigenvalue weighted by molar-refractivity contribution is -0.139. The highest BCUT2D eigenvalue weighted by Crippen LogP contribution is 2.22.